The topological polar surface area (TPSA) is 97.7 Å². The summed E-state index contributed by atoms with van der Waals surface area (Å²) in [4.78, 5) is 21.4. The molecule has 0 amide bonds. The fraction of sp³-hybridized carbons (Fsp3) is 0.733. The quantitative estimate of drug-likeness (QED) is 0.235. The maximum Gasteiger partial charge on any atom is 0.266 e. The van der Waals surface area contributed by atoms with Crippen molar-refractivity contribution in [3.63, 3.8) is 0 Å². The molecule has 1 unspecified atom stereocenters. The van der Waals surface area contributed by atoms with Gasteiger partial charge >= 0.3 is 0 Å². The van der Waals surface area contributed by atoms with Gasteiger partial charge in [0.1, 0.15) is 5.01 Å². The van der Waals surface area contributed by atoms with E-state index >= 15 is 0 Å². The fourth-order valence-electron chi connectivity index (χ4n) is 2.45. The average Bonchev–Trinajstić information content (AvgIpc) is 3.01. The zero-order valence-corrected chi connectivity index (χ0v) is 15.7. The Balaban J connectivity index is 1.66. The lowest BCUT2D eigenvalue weighted by molar-refractivity contribution is -0.498. The number of nitrogens with two attached hydrogens (primary N) is 1. The van der Waals surface area contributed by atoms with Gasteiger partial charge in [-0.25, -0.2) is 4.98 Å². The number of piperidine rings is 1. The molecule has 9 heteroatoms. The third-order valence-electron chi connectivity index (χ3n) is 3.93. The van der Waals surface area contributed by atoms with E-state index in [4.69, 9.17) is 10.7 Å². The zero-order valence-electron chi connectivity index (χ0n) is 14.0. The first-order valence-electron chi connectivity index (χ1n) is 8.23. The standard InChI is InChI=1S/C15H25N5O2S2/c1-12(20(21)22)15(16)17-5-8-23-10-13-11-24-14(18-13)9-19-6-3-2-4-7-19/h11-12H,2-10H2,1H3,(H2,16,17). The van der Waals surface area contributed by atoms with Crippen LogP contribution in [0.1, 0.15) is 36.9 Å². The predicted octanol–water partition coefficient (Wildman–Crippen LogP) is 2.38. The Hall–Kier alpha value is -1.19. The van der Waals surface area contributed by atoms with Crippen LogP contribution >= 0.6 is 23.1 Å². The van der Waals surface area contributed by atoms with Crippen LogP contribution in [0.5, 0.6) is 0 Å². The summed E-state index contributed by atoms with van der Waals surface area (Å²) in [5.41, 5.74) is 6.69. The van der Waals surface area contributed by atoms with Crippen LogP contribution in [-0.4, -0.2) is 52.1 Å². The first-order chi connectivity index (χ1) is 11.6. The minimum Gasteiger partial charge on any atom is -0.382 e. The van der Waals surface area contributed by atoms with E-state index in [0.717, 1.165) is 23.7 Å². The summed E-state index contributed by atoms with van der Waals surface area (Å²) < 4.78 is 0. The second-order valence-electron chi connectivity index (χ2n) is 5.89. The van der Waals surface area contributed by atoms with Crippen LogP contribution in [0.15, 0.2) is 10.4 Å². The lowest BCUT2D eigenvalue weighted by atomic mass is 10.1. The first-order valence-corrected chi connectivity index (χ1v) is 10.3. The van der Waals surface area contributed by atoms with Gasteiger partial charge in [0.05, 0.1) is 18.8 Å². The third kappa shape index (κ3) is 6.37. The van der Waals surface area contributed by atoms with Crippen LogP contribution in [-0.2, 0) is 12.3 Å². The Morgan fingerprint density at radius 2 is 2.29 bits per heavy atom. The molecule has 7 nitrogen and oxygen atoms in total. The summed E-state index contributed by atoms with van der Waals surface area (Å²) in [5, 5.41) is 13.9. The molecule has 1 saturated heterocycles. The highest BCUT2D eigenvalue weighted by Crippen LogP contribution is 2.19. The number of thiazole rings is 1. The molecule has 134 valence electrons. The van der Waals surface area contributed by atoms with Crippen molar-refractivity contribution in [3.05, 3.63) is 26.2 Å². The minimum atomic E-state index is -0.911. The normalized spacial score (nSPS) is 17.8. The molecule has 0 saturated carbocycles. The monoisotopic (exact) mass is 371 g/mol. The van der Waals surface area contributed by atoms with Crippen molar-refractivity contribution in [2.24, 2.45) is 10.7 Å². The molecule has 1 aliphatic rings. The van der Waals surface area contributed by atoms with Crippen molar-refractivity contribution in [3.8, 4) is 0 Å². The Labute approximate surface area is 150 Å². The number of aliphatic imine (C=N–C) groups is 1. The van der Waals surface area contributed by atoms with Gasteiger partial charge in [-0.3, -0.25) is 20.0 Å². The molecule has 1 fully saturated rings. The predicted molar refractivity (Wildman–Crippen MR) is 100 cm³/mol. The van der Waals surface area contributed by atoms with Crippen LogP contribution in [0, 0.1) is 10.1 Å². The summed E-state index contributed by atoms with van der Waals surface area (Å²) >= 11 is 3.46. The van der Waals surface area contributed by atoms with E-state index in [9.17, 15) is 10.1 Å². The van der Waals surface area contributed by atoms with Gasteiger partial charge in [-0.05, 0) is 25.9 Å². The highest BCUT2D eigenvalue weighted by Gasteiger charge is 2.17. The van der Waals surface area contributed by atoms with Crippen LogP contribution in [0.25, 0.3) is 0 Å². The summed E-state index contributed by atoms with van der Waals surface area (Å²) in [5.74, 6) is 1.72. The number of hydrogen-bond donors (Lipinski definition) is 1. The summed E-state index contributed by atoms with van der Waals surface area (Å²) in [6.45, 7) is 5.29. The molecule has 0 bridgehead atoms. The summed E-state index contributed by atoms with van der Waals surface area (Å²) in [7, 11) is 0. The van der Waals surface area contributed by atoms with Gasteiger partial charge in [0.25, 0.3) is 6.04 Å². The van der Waals surface area contributed by atoms with E-state index < -0.39 is 11.0 Å². The number of aromatic nitrogens is 1. The largest absolute Gasteiger partial charge is 0.382 e. The van der Waals surface area contributed by atoms with Gasteiger partial charge in [-0.15, -0.1) is 11.3 Å². The second-order valence-corrected chi connectivity index (χ2v) is 7.94. The molecule has 1 atom stereocenters. The molecule has 0 spiro atoms. The van der Waals surface area contributed by atoms with Crippen molar-refractivity contribution in [2.75, 3.05) is 25.4 Å². The zero-order chi connectivity index (χ0) is 17.4. The number of amidine groups is 1. The first kappa shape index (κ1) is 19.1. The molecule has 1 aliphatic heterocycles. The van der Waals surface area contributed by atoms with Crippen LogP contribution in [0.3, 0.4) is 0 Å². The highest BCUT2D eigenvalue weighted by atomic mass is 32.2. The number of nitro groups is 1. The lowest BCUT2D eigenvalue weighted by Gasteiger charge is -2.25. The minimum absolute atomic E-state index is 0.0954. The molecule has 0 radical (unpaired) electrons. The van der Waals surface area contributed by atoms with Gasteiger partial charge < -0.3 is 5.73 Å². The van der Waals surface area contributed by atoms with Crippen LogP contribution in [0.2, 0.25) is 0 Å². The van der Waals surface area contributed by atoms with Crippen LogP contribution < -0.4 is 5.73 Å². The van der Waals surface area contributed by atoms with E-state index in [0.29, 0.717) is 6.54 Å². The average molecular weight is 372 g/mol. The summed E-state index contributed by atoms with van der Waals surface area (Å²) in [6, 6.07) is -0.911. The Bertz CT molecular complexity index is 558. The Morgan fingerprint density at radius 3 is 3.00 bits per heavy atom. The van der Waals surface area contributed by atoms with E-state index in [2.05, 4.69) is 15.3 Å². The molecule has 24 heavy (non-hydrogen) atoms. The van der Waals surface area contributed by atoms with Gasteiger partial charge in [0.2, 0.25) is 0 Å². The molecule has 2 N–H and O–H groups in total. The fourth-order valence-corrected chi connectivity index (χ4v) is 4.12. The molecule has 2 heterocycles. The summed E-state index contributed by atoms with van der Waals surface area (Å²) in [6.07, 6.45) is 3.95. The number of likely N-dealkylation sites (tertiary alicyclic amines) is 1. The molecule has 1 aromatic heterocycles. The van der Waals surface area contributed by atoms with Gasteiger partial charge in [0, 0.05) is 28.7 Å². The number of thioether (sulfide) groups is 1. The van der Waals surface area contributed by atoms with Gasteiger partial charge in [-0.2, -0.15) is 11.8 Å². The maximum atomic E-state index is 10.6. The number of rotatable bonds is 9. The third-order valence-corrected chi connectivity index (χ3v) is 5.78. The van der Waals surface area contributed by atoms with Crippen molar-refractivity contribution in [2.45, 2.75) is 44.5 Å². The molecule has 2 rings (SSSR count). The molecule has 0 aliphatic carbocycles. The van der Waals surface area contributed by atoms with Crippen molar-refractivity contribution < 1.29 is 4.92 Å². The van der Waals surface area contributed by atoms with E-state index in [-0.39, 0.29) is 5.84 Å². The van der Waals surface area contributed by atoms with Gasteiger partial charge in [0.15, 0.2) is 5.84 Å². The molecular weight excluding hydrogens is 346 g/mol. The second kappa shape index (κ2) is 9.95. The Morgan fingerprint density at radius 1 is 1.54 bits per heavy atom. The molecule has 0 aromatic carbocycles. The van der Waals surface area contributed by atoms with E-state index in [1.807, 2.05) is 0 Å². The molecular formula is C15H25N5O2S2. The van der Waals surface area contributed by atoms with E-state index in [1.165, 1.54) is 44.3 Å². The number of nitrogens with zero attached hydrogens (tertiary/aromatic N) is 4. The van der Waals surface area contributed by atoms with Gasteiger partial charge in [-0.1, -0.05) is 6.42 Å². The SMILES string of the molecule is CC(C(N)=NCCSCc1csc(CN2CCCCC2)n1)[N+](=O)[O-]. The highest BCUT2D eigenvalue weighted by molar-refractivity contribution is 7.98. The van der Waals surface area contributed by atoms with Crippen molar-refractivity contribution >= 4 is 28.9 Å². The maximum absolute atomic E-state index is 10.6. The molecule has 1 aromatic rings. The van der Waals surface area contributed by atoms with Crippen molar-refractivity contribution in [1.82, 2.24) is 9.88 Å². The number of hydrogen-bond acceptors (Lipinski definition) is 7. The van der Waals surface area contributed by atoms with E-state index in [1.54, 1.807) is 23.1 Å². The van der Waals surface area contributed by atoms with Crippen LogP contribution in [0.4, 0.5) is 0 Å². The van der Waals surface area contributed by atoms with Crippen molar-refractivity contribution in [1.29, 1.82) is 0 Å². The smallest absolute Gasteiger partial charge is 0.266 e. The lowest BCUT2D eigenvalue weighted by Crippen LogP contribution is -2.33. The Kier molecular flexibility index (Phi) is 7.93.